The number of anilines is 1. The van der Waals surface area contributed by atoms with Crippen LogP contribution in [0.3, 0.4) is 0 Å². The zero-order valence-corrected chi connectivity index (χ0v) is 9.97. The molecule has 0 saturated heterocycles. The number of aryl methyl sites for hydroxylation is 1. The number of hydrogen-bond acceptors (Lipinski definition) is 4. The second kappa shape index (κ2) is 3.69. The summed E-state index contributed by atoms with van der Waals surface area (Å²) >= 11 is 0. The minimum absolute atomic E-state index is 0.182. The molecule has 0 aliphatic heterocycles. The van der Waals surface area contributed by atoms with Crippen molar-refractivity contribution < 1.29 is 8.42 Å². The Labute approximate surface area is 88.7 Å². The molecule has 0 fully saturated rings. The van der Waals surface area contributed by atoms with Crippen LogP contribution in [0, 0.1) is 6.92 Å². The third-order valence-corrected chi connectivity index (χ3v) is 3.40. The molecule has 6 heteroatoms. The van der Waals surface area contributed by atoms with Gasteiger partial charge in [-0.3, -0.25) is 4.79 Å². The van der Waals surface area contributed by atoms with Crippen molar-refractivity contribution in [1.82, 2.24) is 4.57 Å². The molecule has 84 valence electrons. The lowest BCUT2D eigenvalue weighted by Crippen LogP contribution is -2.26. The fraction of sp³-hybridized carbons (Fsp3) is 0.444. The predicted octanol–water partition coefficient (Wildman–Crippen LogP) is 0.139. The topological polar surface area (TPSA) is 68.2 Å². The lowest BCUT2D eigenvalue weighted by atomic mass is 10.3. The first kappa shape index (κ1) is 11.8. The smallest absolute Gasteiger partial charge is 0.271 e. The lowest BCUT2D eigenvalue weighted by Gasteiger charge is -2.11. The number of nitrogens with zero attached hydrogens (tertiary/aromatic N) is 1. The summed E-state index contributed by atoms with van der Waals surface area (Å²) < 4.78 is 24.2. The molecule has 0 aromatic carbocycles. The Hall–Kier alpha value is -1.30. The highest BCUT2D eigenvalue weighted by atomic mass is 32.2. The van der Waals surface area contributed by atoms with Gasteiger partial charge >= 0.3 is 0 Å². The highest BCUT2D eigenvalue weighted by Gasteiger charge is 2.19. The number of rotatable bonds is 2. The van der Waals surface area contributed by atoms with E-state index in [9.17, 15) is 13.2 Å². The third kappa shape index (κ3) is 2.04. The Morgan fingerprint density at radius 3 is 2.33 bits per heavy atom. The molecule has 0 amide bonds. The second-order valence-corrected chi connectivity index (χ2v) is 5.37. The molecule has 1 N–H and O–H groups in total. The Bertz CT molecular complexity index is 543. The van der Waals surface area contributed by atoms with Crippen molar-refractivity contribution in [3.8, 4) is 0 Å². The van der Waals surface area contributed by atoms with Gasteiger partial charge in [-0.15, -0.1) is 0 Å². The van der Waals surface area contributed by atoms with Gasteiger partial charge in [0.1, 0.15) is 0 Å². The number of sulfone groups is 1. The first-order chi connectivity index (χ1) is 6.79. The summed E-state index contributed by atoms with van der Waals surface area (Å²) in [6.45, 7) is 1.74. The zero-order chi connectivity index (χ0) is 11.8. The van der Waals surface area contributed by atoms with E-state index in [1.165, 1.54) is 4.57 Å². The van der Waals surface area contributed by atoms with Crippen LogP contribution in [0.15, 0.2) is 15.8 Å². The number of aromatic nitrogens is 1. The van der Waals surface area contributed by atoms with E-state index in [2.05, 4.69) is 5.32 Å². The summed E-state index contributed by atoms with van der Waals surface area (Å²) in [5.74, 6) is 0. The second-order valence-electron chi connectivity index (χ2n) is 3.41. The van der Waals surface area contributed by atoms with Crippen LogP contribution in [0.2, 0.25) is 0 Å². The SMILES string of the molecule is CNc1cc(C)n(C)c(=O)c1S(C)(=O)=O. The van der Waals surface area contributed by atoms with Crippen molar-refractivity contribution in [2.75, 3.05) is 18.6 Å². The highest BCUT2D eigenvalue weighted by molar-refractivity contribution is 7.90. The van der Waals surface area contributed by atoms with Crippen LogP contribution in [-0.4, -0.2) is 26.3 Å². The zero-order valence-electron chi connectivity index (χ0n) is 9.16. The van der Waals surface area contributed by atoms with Crippen molar-refractivity contribution >= 4 is 15.5 Å². The third-order valence-electron chi connectivity index (χ3n) is 2.27. The molecular formula is C9H14N2O3S. The Morgan fingerprint density at radius 2 is 1.93 bits per heavy atom. The Balaban J connectivity index is 3.79. The van der Waals surface area contributed by atoms with E-state index in [0.29, 0.717) is 11.4 Å². The number of nitrogens with one attached hydrogen (secondary N) is 1. The van der Waals surface area contributed by atoms with Crippen LogP contribution >= 0.6 is 0 Å². The number of hydrogen-bond donors (Lipinski definition) is 1. The molecule has 15 heavy (non-hydrogen) atoms. The lowest BCUT2D eigenvalue weighted by molar-refractivity contribution is 0.599. The van der Waals surface area contributed by atoms with Gasteiger partial charge in [0.15, 0.2) is 14.7 Å². The monoisotopic (exact) mass is 230 g/mol. The maximum Gasteiger partial charge on any atom is 0.271 e. The summed E-state index contributed by atoms with van der Waals surface area (Å²) in [5, 5.41) is 2.72. The molecule has 0 unspecified atom stereocenters. The van der Waals surface area contributed by atoms with E-state index in [0.717, 1.165) is 6.26 Å². The van der Waals surface area contributed by atoms with Gasteiger partial charge in [0.25, 0.3) is 5.56 Å². The highest BCUT2D eigenvalue weighted by Crippen LogP contribution is 2.17. The minimum Gasteiger partial charge on any atom is -0.387 e. The molecule has 5 nitrogen and oxygen atoms in total. The Morgan fingerprint density at radius 1 is 1.40 bits per heavy atom. The quantitative estimate of drug-likeness (QED) is 0.784. The van der Waals surface area contributed by atoms with Crippen LogP contribution in [0.1, 0.15) is 5.69 Å². The van der Waals surface area contributed by atoms with Crippen molar-refractivity contribution in [3.05, 3.63) is 22.1 Å². The van der Waals surface area contributed by atoms with Crippen LogP contribution in [0.4, 0.5) is 5.69 Å². The van der Waals surface area contributed by atoms with Crippen LogP contribution < -0.4 is 10.9 Å². The fourth-order valence-electron chi connectivity index (χ4n) is 1.34. The molecule has 1 aromatic heterocycles. The van der Waals surface area contributed by atoms with Crippen LogP contribution in [0.25, 0.3) is 0 Å². The molecule has 1 aromatic rings. The molecule has 0 bridgehead atoms. The van der Waals surface area contributed by atoms with E-state index in [-0.39, 0.29) is 4.90 Å². The first-order valence-corrected chi connectivity index (χ1v) is 6.26. The largest absolute Gasteiger partial charge is 0.387 e. The van der Waals surface area contributed by atoms with Crippen molar-refractivity contribution in [1.29, 1.82) is 0 Å². The summed E-state index contributed by atoms with van der Waals surface area (Å²) in [6, 6.07) is 1.64. The van der Waals surface area contributed by atoms with Gasteiger partial charge in [-0.25, -0.2) is 8.42 Å². The fourth-order valence-corrected chi connectivity index (χ4v) is 2.36. The standard InChI is InChI=1S/C9H14N2O3S/c1-6-5-7(10-2)8(15(4,13)14)9(12)11(6)3/h5,10H,1-4H3. The van der Waals surface area contributed by atoms with E-state index in [1.54, 1.807) is 27.1 Å². The van der Waals surface area contributed by atoms with Crippen LogP contribution in [0.5, 0.6) is 0 Å². The summed E-state index contributed by atoms with van der Waals surface area (Å²) in [5.41, 5.74) is 0.553. The molecule has 0 spiro atoms. The summed E-state index contributed by atoms with van der Waals surface area (Å²) in [6.07, 6.45) is 1.03. The van der Waals surface area contributed by atoms with Crippen molar-refractivity contribution in [2.45, 2.75) is 11.8 Å². The van der Waals surface area contributed by atoms with Crippen molar-refractivity contribution in [3.63, 3.8) is 0 Å². The molecular weight excluding hydrogens is 216 g/mol. The average Bonchev–Trinajstić information content (AvgIpc) is 2.11. The van der Waals surface area contributed by atoms with Gasteiger partial charge in [-0.05, 0) is 13.0 Å². The number of pyridine rings is 1. The van der Waals surface area contributed by atoms with Gasteiger partial charge in [0.05, 0.1) is 5.69 Å². The molecule has 0 radical (unpaired) electrons. The predicted molar refractivity (Wildman–Crippen MR) is 59.1 cm³/mol. The van der Waals surface area contributed by atoms with E-state index in [4.69, 9.17) is 0 Å². The van der Waals surface area contributed by atoms with E-state index >= 15 is 0 Å². The van der Waals surface area contributed by atoms with Gasteiger partial charge < -0.3 is 9.88 Å². The van der Waals surface area contributed by atoms with E-state index in [1.807, 2.05) is 0 Å². The maximum absolute atomic E-state index is 11.8. The van der Waals surface area contributed by atoms with Crippen LogP contribution in [-0.2, 0) is 16.9 Å². The molecule has 0 atom stereocenters. The normalized spacial score (nSPS) is 11.5. The Kier molecular flexibility index (Phi) is 2.90. The summed E-state index contributed by atoms with van der Waals surface area (Å²) in [7, 11) is -0.378. The molecule has 1 rings (SSSR count). The molecule has 0 aliphatic carbocycles. The summed E-state index contributed by atoms with van der Waals surface area (Å²) in [4.78, 5) is 11.6. The van der Waals surface area contributed by atoms with Gasteiger partial charge in [-0.2, -0.15) is 0 Å². The van der Waals surface area contributed by atoms with E-state index < -0.39 is 15.4 Å². The average molecular weight is 230 g/mol. The molecule has 0 saturated carbocycles. The van der Waals surface area contributed by atoms with Gasteiger partial charge in [0, 0.05) is 26.0 Å². The van der Waals surface area contributed by atoms with Gasteiger partial charge in [0.2, 0.25) is 0 Å². The molecule has 0 aliphatic rings. The molecule has 1 heterocycles. The minimum atomic E-state index is -3.51. The first-order valence-electron chi connectivity index (χ1n) is 4.37. The van der Waals surface area contributed by atoms with Gasteiger partial charge in [-0.1, -0.05) is 0 Å². The maximum atomic E-state index is 11.8. The van der Waals surface area contributed by atoms with Crippen molar-refractivity contribution in [2.24, 2.45) is 7.05 Å².